The highest BCUT2D eigenvalue weighted by Crippen LogP contribution is 2.30. The maximum atomic E-state index is 12.1. The zero-order valence-corrected chi connectivity index (χ0v) is 13.2. The third-order valence-electron chi connectivity index (χ3n) is 3.25. The largest absolute Gasteiger partial charge is 0.340 e. The standard InChI is InChI=1S/C13H26N2O3S/c1-13(2,3)10-11-6-5-9-15(11)12(16)7-8-14-19(4,17)18/h11,14H,5-10H2,1-4H3. The molecule has 5 nitrogen and oxygen atoms in total. The van der Waals surface area contributed by atoms with Crippen LogP contribution in [0.15, 0.2) is 0 Å². The zero-order valence-electron chi connectivity index (χ0n) is 12.4. The predicted octanol–water partition coefficient (Wildman–Crippen LogP) is 1.35. The minimum atomic E-state index is -3.21. The Labute approximate surface area is 116 Å². The second-order valence-electron chi connectivity index (χ2n) is 6.56. The van der Waals surface area contributed by atoms with Crippen molar-refractivity contribution in [3.63, 3.8) is 0 Å². The highest BCUT2D eigenvalue weighted by molar-refractivity contribution is 7.88. The van der Waals surface area contributed by atoms with E-state index in [4.69, 9.17) is 0 Å². The first-order chi connectivity index (χ1) is 8.58. The van der Waals surface area contributed by atoms with Crippen LogP contribution in [0.25, 0.3) is 0 Å². The van der Waals surface area contributed by atoms with Crippen molar-refractivity contribution in [1.82, 2.24) is 9.62 Å². The second kappa shape index (κ2) is 6.22. The first-order valence-electron chi connectivity index (χ1n) is 6.83. The predicted molar refractivity (Wildman–Crippen MR) is 76.3 cm³/mol. The van der Waals surface area contributed by atoms with E-state index >= 15 is 0 Å². The summed E-state index contributed by atoms with van der Waals surface area (Å²) in [5.41, 5.74) is 0.207. The van der Waals surface area contributed by atoms with Crippen molar-refractivity contribution in [3.8, 4) is 0 Å². The van der Waals surface area contributed by atoms with E-state index in [-0.39, 0.29) is 24.3 Å². The summed E-state index contributed by atoms with van der Waals surface area (Å²) < 4.78 is 24.3. The summed E-state index contributed by atoms with van der Waals surface area (Å²) in [6.07, 6.45) is 4.45. The van der Waals surface area contributed by atoms with Gasteiger partial charge in [0.15, 0.2) is 0 Å². The van der Waals surface area contributed by atoms with Crippen LogP contribution in [-0.2, 0) is 14.8 Å². The molecule has 0 spiro atoms. The molecular formula is C13H26N2O3S. The van der Waals surface area contributed by atoms with Crippen molar-refractivity contribution in [2.24, 2.45) is 5.41 Å². The maximum Gasteiger partial charge on any atom is 0.224 e. The molecule has 0 saturated carbocycles. The van der Waals surface area contributed by atoms with E-state index in [1.807, 2.05) is 4.90 Å². The van der Waals surface area contributed by atoms with Crippen LogP contribution >= 0.6 is 0 Å². The molecular weight excluding hydrogens is 264 g/mol. The lowest BCUT2D eigenvalue weighted by Crippen LogP contribution is -2.39. The number of likely N-dealkylation sites (tertiary alicyclic amines) is 1. The monoisotopic (exact) mass is 290 g/mol. The first-order valence-corrected chi connectivity index (χ1v) is 8.72. The van der Waals surface area contributed by atoms with E-state index in [1.54, 1.807) is 0 Å². The van der Waals surface area contributed by atoms with Gasteiger partial charge in [-0.2, -0.15) is 0 Å². The molecule has 1 aliphatic heterocycles. The number of hydrogen-bond acceptors (Lipinski definition) is 3. The van der Waals surface area contributed by atoms with Crippen molar-refractivity contribution in [2.75, 3.05) is 19.3 Å². The summed E-state index contributed by atoms with van der Waals surface area (Å²) >= 11 is 0. The van der Waals surface area contributed by atoms with Crippen LogP contribution in [0.4, 0.5) is 0 Å². The summed E-state index contributed by atoms with van der Waals surface area (Å²) in [6.45, 7) is 7.53. The number of sulfonamides is 1. The van der Waals surface area contributed by atoms with E-state index in [0.717, 1.165) is 32.1 Å². The Morgan fingerprint density at radius 3 is 2.53 bits per heavy atom. The zero-order chi connectivity index (χ0) is 14.7. The maximum absolute atomic E-state index is 12.1. The van der Waals surface area contributed by atoms with Gasteiger partial charge >= 0.3 is 0 Å². The van der Waals surface area contributed by atoms with Gasteiger partial charge in [-0.3, -0.25) is 4.79 Å². The van der Waals surface area contributed by atoms with Crippen LogP contribution in [0.2, 0.25) is 0 Å². The van der Waals surface area contributed by atoms with E-state index in [1.165, 1.54) is 0 Å². The van der Waals surface area contributed by atoms with Gasteiger partial charge < -0.3 is 4.90 Å². The van der Waals surface area contributed by atoms with Crippen molar-refractivity contribution < 1.29 is 13.2 Å². The van der Waals surface area contributed by atoms with E-state index < -0.39 is 10.0 Å². The third kappa shape index (κ3) is 6.38. The van der Waals surface area contributed by atoms with Crippen molar-refractivity contribution in [1.29, 1.82) is 0 Å². The first kappa shape index (κ1) is 16.4. The number of nitrogens with one attached hydrogen (secondary N) is 1. The van der Waals surface area contributed by atoms with E-state index in [0.29, 0.717) is 6.04 Å². The number of hydrogen-bond donors (Lipinski definition) is 1. The molecule has 0 bridgehead atoms. The van der Waals surface area contributed by atoms with Crippen LogP contribution in [-0.4, -0.2) is 44.6 Å². The number of rotatable bonds is 5. The molecule has 1 N–H and O–H groups in total. The Morgan fingerprint density at radius 1 is 1.37 bits per heavy atom. The quantitative estimate of drug-likeness (QED) is 0.831. The van der Waals surface area contributed by atoms with Crippen LogP contribution in [0.3, 0.4) is 0 Å². The van der Waals surface area contributed by atoms with Crippen LogP contribution < -0.4 is 4.72 Å². The van der Waals surface area contributed by atoms with Gasteiger partial charge in [0, 0.05) is 25.6 Å². The molecule has 1 atom stereocenters. The minimum absolute atomic E-state index is 0.0582. The molecule has 1 aliphatic rings. The number of nitrogens with zero attached hydrogens (tertiary/aromatic N) is 1. The lowest BCUT2D eigenvalue weighted by molar-refractivity contribution is -0.132. The molecule has 1 fully saturated rings. The minimum Gasteiger partial charge on any atom is -0.340 e. The summed E-state index contributed by atoms with van der Waals surface area (Å²) in [6, 6.07) is 0.311. The summed E-state index contributed by atoms with van der Waals surface area (Å²) in [5.74, 6) is 0.0582. The Bertz CT molecular complexity index is 412. The van der Waals surface area contributed by atoms with Gasteiger partial charge in [0.25, 0.3) is 0 Å². The Balaban J connectivity index is 2.47. The fourth-order valence-corrected chi connectivity index (χ4v) is 3.04. The second-order valence-corrected chi connectivity index (χ2v) is 8.40. The lowest BCUT2D eigenvalue weighted by Gasteiger charge is -2.30. The molecule has 1 amide bonds. The van der Waals surface area contributed by atoms with Crippen molar-refractivity contribution in [2.45, 2.75) is 52.5 Å². The van der Waals surface area contributed by atoms with E-state index in [9.17, 15) is 13.2 Å². The number of carbonyl (C=O) groups is 1. The fraction of sp³-hybridized carbons (Fsp3) is 0.923. The fourth-order valence-electron chi connectivity index (χ4n) is 2.57. The molecule has 0 radical (unpaired) electrons. The number of amides is 1. The van der Waals surface area contributed by atoms with Gasteiger partial charge in [-0.25, -0.2) is 13.1 Å². The van der Waals surface area contributed by atoms with Gasteiger partial charge in [-0.15, -0.1) is 0 Å². The molecule has 112 valence electrons. The Kier molecular flexibility index (Phi) is 5.38. The number of carbonyl (C=O) groups excluding carboxylic acids is 1. The van der Waals surface area contributed by atoms with Crippen LogP contribution in [0, 0.1) is 5.41 Å². The van der Waals surface area contributed by atoms with Gasteiger partial charge in [-0.1, -0.05) is 20.8 Å². The van der Waals surface area contributed by atoms with Gasteiger partial charge in [0.2, 0.25) is 15.9 Å². The molecule has 0 aliphatic carbocycles. The molecule has 19 heavy (non-hydrogen) atoms. The van der Waals surface area contributed by atoms with Crippen molar-refractivity contribution in [3.05, 3.63) is 0 Å². The summed E-state index contributed by atoms with van der Waals surface area (Å²) in [5, 5.41) is 0. The molecule has 1 saturated heterocycles. The topological polar surface area (TPSA) is 66.5 Å². The smallest absolute Gasteiger partial charge is 0.224 e. The van der Waals surface area contributed by atoms with Crippen molar-refractivity contribution >= 4 is 15.9 Å². The molecule has 1 heterocycles. The SMILES string of the molecule is CC(C)(C)CC1CCCN1C(=O)CCNS(C)(=O)=O. The van der Waals surface area contributed by atoms with Crippen LogP contribution in [0.1, 0.15) is 46.5 Å². The average molecular weight is 290 g/mol. The molecule has 1 unspecified atom stereocenters. The molecule has 0 aromatic carbocycles. The highest BCUT2D eigenvalue weighted by Gasteiger charge is 2.31. The average Bonchev–Trinajstić information content (AvgIpc) is 2.60. The Hall–Kier alpha value is -0.620. The lowest BCUT2D eigenvalue weighted by atomic mass is 9.87. The Morgan fingerprint density at radius 2 is 2.00 bits per heavy atom. The summed E-state index contributed by atoms with van der Waals surface area (Å²) in [7, 11) is -3.21. The normalized spacial score (nSPS) is 20.8. The third-order valence-corrected chi connectivity index (χ3v) is 3.98. The van der Waals surface area contributed by atoms with Gasteiger partial charge in [0.05, 0.1) is 6.26 Å². The van der Waals surface area contributed by atoms with E-state index in [2.05, 4.69) is 25.5 Å². The summed E-state index contributed by atoms with van der Waals surface area (Å²) in [4.78, 5) is 14.0. The van der Waals surface area contributed by atoms with Crippen LogP contribution in [0.5, 0.6) is 0 Å². The van der Waals surface area contributed by atoms with Gasteiger partial charge in [0.1, 0.15) is 0 Å². The van der Waals surface area contributed by atoms with Gasteiger partial charge in [-0.05, 0) is 24.7 Å². The highest BCUT2D eigenvalue weighted by atomic mass is 32.2. The molecule has 0 aromatic heterocycles. The molecule has 0 aromatic rings. The molecule has 6 heteroatoms. The molecule has 1 rings (SSSR count).